The van der Waals surface area contributed by atoms with Gasteiger partial charge < -0.3 is 0 Å². The first-order chi connectivity index (χ1) is 9.77. The summed E-state index contributed by atoms with van der Waals surface area (Å²) in [5, 5.41) is 0. The second-order valence-corrected chi connectivity index (χ2v) is 7.70. The van der Waals surface area contributed by atoms with Crippen molar-refractivity contribution in [1.29, 1.82) is 0 Å². The lowest BCUT2D eigenvalue weighted by atomic mass is 10.2. The van der Waals surface area contributed by atoms with Crippen molar-refractivity contribution in [3.8, 4) is 0 Å². The molecule has 2 heteroatoms. The van der Waals surface area contributed by atoms with Gasteiger partial charge in [-0.15, -0.1) is 0 Å². The fourth-order valence-electron chi connectivity index (χ4n) is 2.25. The summed E-state index contributed by atoms with van der Waals surface area (Å²) in [6, 6.07) is 9.78. The molecule has 0 aromatic heterocycles. The molecule has 0 amide bonds. The molecule has 0 radical (unpaired) electrons. The molecule has 1 rings (SSSR count). The SMILES string of the molecule is CCCCC[S+](CCCCC)CC(=O)c1ccccc1. The minimum atomic E-state index is 0.292. The molecule has 1 nitrogen and oxygen atoms in total. The third-order valence-electron chi connectivity index (χ3n) is 3.50. The molecule has 1 aromatic rings. The van der Waals surface area contributed by atoms with Crippen LogP contribution in [0.2, 0.25) is 0 Å². The number of benzene rings is 1. The normalized spacial score (nSPS) is 10.9. The quantitative estimate of drug-likeness (QED) is 0.323. The largest absolute Gasteiger partial charge is 0.289 e. The van der Waals surface area contributed by atoms with Crippen LogP contribution >= 0.6 is 0 Å². The average Bonchev–Trinajstić information content (AvgIpc) is 2.48. The van der Waals surface area contributed by atoms with Gasteiger partial charge in [-0.1, -0.05) is 57.0 Å². The summed E-state index contributed by atoms with van der Waals surface area (Å²) in [7, 11) is 0.292. The zero-order chi connectivity index (χ0) is 14.6. The van der Waals surface area contributed by atoms with Crippen molar-refractivity contribution in [2.24, 2.45) is 0 Å². The van der Waals surface area contributed by atoms with Crippen molar-refractivity contribution in [3.63, 3.8) is 0 Å². The van der Waals surface area contributed by atoms with Gasteiger partial charge in [-0.2, -0.15) is 0 Å². The first kappa shape index (κ1) is 17.3. The molecule has 0 aliphatic rings. The summed E-state index contributed by atoms with van der Waals surface area (Å²) in [5.41, 5.74) is 0.885. The van der Waals surface area contributed by atoms with E-state index >= 15 is 0 Å². The van der Waals surface area contributed by atoms with Gasteiger partial charge in [0, 0.05) is 5.56 Å². The molecule has 0 unspecified atom stereocenters. The summed E-state index contributed by atoms with van der Waals surface area (Å²) < 4.78 is 0. The fraction of sp³-hybridized carbons (Fsp3) is 0.611. The summed E-state index contributed by atoms with van der Waals surface area (Å²) >= 11 is 0. The maximum Gasteiger partial charge on any atom is 0.211 e. The zero-order valence-electron chi connectivity index (χ0n) is 13.1. The van der Waals surface area contributed by atoms with E-state index in [1.54, 1.807) is 0 Å². The number of rotatable bonds is 11. The van der Waals surface area contributed by atoms with Crippen molar-refractivity contribution in [3.05, 3.63) is 35.9 Å². The third kappa shape index (κ3) is 7.14. The first-order valence-corrected chi connectivity index (χ1v) is 9.73. The van der Waals surface area contributed by atoms with Gasteiger partial charge in [0.25, 0.3) is 0 Å². The van der Waals surface area contributed by atoms with E-state index in [0.717, 1.165) is 11.3 Å². The Kier molecular flexibility index (Phi) is 9.48. The molecule has 0 bridgehead atoms. The second kappa shape index (κ2) is 11.0. The first-order valence-electron chi connectivity index (χ1n) is 8.00. The van der Waals surface area contributed by atoms with Crippen LogP contribution in [-0.4, -0.2) is 23.0 Å². The molecule has 0 heterocycles. The molecule has 112 valence electrons. The second-order valence-electron chi connectivity index (χ2n) is 5.37. The molecule has 0 saturated carbocycles. The van der Waals surface area contributed by atoms with Gasteiger partial charge in [-0.05, 0) is 36.6 Å². The van der Waals surface area contributed by atoms with Crippen molar-refractivity contribution >= 4 is 16.7 Å². The minimum absolute atomic E-state index is 0.292. The van der Waals surface area contributed by atoms with Crippen LogP contribution in [-0.2, 0) is 10.9 Å². The van der Waals surface area contributed by atoms with Crippen LogP contribution in [0.15, 0.2) is 30.3 Å². The van der Waals surface area contributed by atoms with E-state index in [-0.39, 0.29) is 0 Å². The monoisotopic (exact) mass is 293 g/mol. The van der Waals surface area contributed by atoms with Crippen LogP contribution in [0.5, 0.6) is 0 Å². The van der Waals surface area contributed by atoms with E-state index in [0.29, 0.717) is 16.7 Å². The zero-order valence-corrected chi connectivity index (χ0v) is 13.9. The van der Waals surface area contributed by atoms with E-state index in [1.807, 2.05) is 30.3 Å². The van der Waals surface area contributed by atoms with E-state index in [4.69, 9.17) is 0 Å². The summed E-state index contributed by atoms with van der Waals surface area (Å²) in [6.07, 6.45) is 7.70. The molecule has 20 heavy (non-hydrogen) atoms. The summed E-state index contributed by atoms with van der Waals surface area (Å²) in [6.45, 7) is 4.48. The highest BCUT2D eigenvalue weighted by Gasteiger charge is 2.22. The van der Waals surface area contributed by atoms with Crippen molar-refractivity contribution in [2.45, 2.75) is 52.4 Å². The number of carbonyl (C=O) groups excluding carboxylic acids is 1. The molecule has 0 aliphatic heterocycles. The Labute approximate surface area is 127 Å². The average molecular weight is 293 g/mol. The molecule has 0 atom stereocenters. The molecule has 1 aromatic carbocycles. The lowest BCUT2D eigenvalue weighted by molar-refractivity contribution is 0.102. The number of hydrogen-bond acceptors (Lipinski definition) is 1. The van der Waals surface area contributed by atoms with Crippen LogP contribution in [0.3, 0.4) is 0 Å². The van der Waals surface area contributed by atoms with E-state index in [2.05, 4.69) is 13.8 Å². The predicted molar refractivity (Wildman–Crippen MR) is 91.8 cm³/mol. The summed E-state index contributed by atoms with van der Waals surface area (Å²) in [5.74, 6) is 3.59. The molecule has 0 fully saturated rings. The number of carbonyl (C=O) groups is 1. The maximum absolute atomic E-state index is 12.3. The Bertz CT molecular complexity index is 351. The van der Waals surface area contributed by atoms with Crippen molar-refractivity contribution < 1.29 is 4.79 Å². The minimum Gasteiger partial charge on any atom is -0.289 e. The Balaban J connectivity index is 2.47. The number of ketones is 1. The highest BCUT2D eigenvalue weighted by molar-refractivity contribution is 7.97. The summed E-state index contributed by atoms with van der Waals surface area (Å²) in [4.78, 5) is 12.3. The van der Waals surface area contributed by atoms with E-state index < -0.39 is 0 Å². The molecular formula is C18H29OS+. The number of Topliss-reactive ketones (excluding diaryl/α,β-unsaturated/α-hetero) is 1. The smallest absolute Gasteiger partial charge is 0.211 e. The fourth-order valence-corrected chi connectivity index (χ4v) is 4.51. The van der Waals surface area contributed by atoms with Gasteiger partial charge in [-0.25, -0.2) is 0 Å². The molecule has 0 aliphatic carbocycles. The van der Waals surface area contributed by atoms with E-state index in [1.165, 1.54) is 50.0 Å². The van der Waals surface area contributed by atoms with E-state index in [9.17, 15) is 4.79 Å². The maximum atomic E-state index is 12.3. The van der Waals surface area contributed by atoms with Gasteiger partial charge in [-0.3, -0.25) is 4.79 Å². The number of hydrogen-bond donors (Lipinski definition) is 0. The van der Waals surface area contributed by atoms with Crippen LogP contribution in [0.4, 0.5) is 0 Å². The number of unbranched alkanes of at least 4 members (excludes halogenated alkanes) is 4. The standard InChI is InChI=1S/C18H29OS/c1-3-5-10-14-20(15-11-6-4-2)16-18(19)17-12-8-7-9-13-17/h7-9,12-13H,3-6,10-11,14-16H2,1-2H3/q+1. The lowest BCUT2D eigenvalue weighted by Gasteiger charge is -2.08. The van der Waals surface area contributed by atoms with Gasteiger partial charge in [0.05, 0.1) is 0 Å². The molecular weight excluding hydrogens is 264 g/mol. The molecule has 0 spiro atoms. The van der Waals surface area contributed by atoms with Crippen molar-refractivity contribution in [1.82, 2.24) is 0 Å². The topological polar surface area (TPSA) is 17.1 Å². The molecule has 0 N–H and O–H groups in total. The third-order valence-corrected chi connectivity index (χ3v) is 5.91. The van der Waals surface area contributed by atoms with Gasteiger partial charge in [0.15, 0.2) is 5.75 Å². The van der Waals surface area contributed by atoms with Crippen LogP contribution in [0.25, 0.3) is 0 Å². The van der Waals surface area contributed by atoms with Crippen molar-refractivity contribution in [2.75, 3.05) is 17.3 Å². The molecule has 0 saturated heterocycles. The van der Waals surface area contributed by atoms with Gasteiger partial charge in [0.2, 0.25) is 5.78 Å². The van der Waals surface area contributed by atoms with Gasteiger partial charge in [0.1, 0.15) is 11.5 Å². The van der Waals surface area contributed by atoms with Crippen LogP contribution < -0.4 is 0 Å². The highest BCUT2D eigenvalue weighted by atomic mass is 32.2. The predicted octanol–water partition coefficient (Wildman–Crippen LogP) is 4.87. The van der Waals surface area contributed by atoms with Gasteiger partial charge >= 0.3 is 0 Å². The lowest BCUT2D eigenvalue weighted by Crippen LogP contribution is -2.22. The Morgan fingerprint density at radius 3 is 1.95 bits per heavy atom. The van der Waals surface area contributed by atoms with Crippen LogP contribution in [0, 0.1) is 0 Å². The Morgan fingerprint density at radius 1 is 0.900 bits per heavy atom. The Morgan fingerprint density at radius 2 is 1.45 bits per heavy atom. The Hall–Kier alpha value is -0.760. The van der Waals surface area contributed by atoms with Crippen LogP contribution in [0.1, 0.15) is 62.7 Å². The highest BCUT2D eigenvalue weighted by Crippen LogP contribution is 2.11.